The van der Waals surface area contributed by atoms with Crippen LogP contribution in [0.15, 0.2) is 37.1 Å². The number of carbonyl (C=O) groups is 4. The van der Waals surface area contributed by atoms with Gasteiger partial charge in [-0.15, -0.1) is 11.7 Å². The van der Waals surface area contributed by atoms with Crippen molar-refractivity contribution < 1.29 is 52.3 Å². The van der Waals surface area contributed by atoms with Crippen molar-refractivity contribution in [2.24, 2.45) is 0 Å². The first-order valence-corrected chi connectivity index (χ1v) is 12.6. The lowest BCUT2D eigenvalue weighted by molar-refractivity contribution is -0.270. The van der Waals surface area contributed by atoms with E-state index in [0.29, 0.717) is 23.6 Å². The lowest BCUT2D eigenvalue weighted by Crippen LogP contribution is -2.60. The normalized spacial score (nSPS) is 21.7. The molecule has 5 atom stereocenters. The highest BCUT2D eigenvalue weighted by Crippen LogP contribution is 2.35. The van der Waals surface area contributed by atoms with Gasteiger partial charge >= 0.3 is 23.9 Å². The van der Waals surface area contributed by atoms with E-state index in [1.54, 1.807) is 12.1 Å². The molecule has 0 amide bonds. The first-order chi connectivity index (χ1) is 19.5. The quantitative estimate of drug-likeness (QED) is 0.205. The average Bonchev–Trinajstić information content (AvgIpc) is 3.37. The molecule has 14 nitrogen and oxygen atoms in total. The summed E-state index contributed by atoms with van der Waals surface area (Å²) in [6.07, 6.45) is -2.33. The lowest BCUT2D eigenvalue weighted by atomic mass is 9.97. The summed E-state index contributed by atoms with van der Waals surface area (Å²) < 4.78 is 40.0. The minimum Gasteiger partial charge on any atom is -0.493 e. The van der Waals surface area contributed by atoms with Gasteiger partial charge in [-0.2, -0.15) is 0 Å². The number of hydrogen-bond donors (Lipinski definition) is 0. The zero-order valence-electron chi connectivity index (χ0n) is 23.4. The van der Waals surface area contributed by atoms with E-state index in [4.69, 9.17) is 33.2 Å². The Balaban J connectivity index is 1.91. The van der Waals surface area contributed by atoms with E-state index in [2.05, 4.69) is 16.9 Å². The summed E-state index contributed by atoms with van der Waals surface area (Å²) in [4.78, 5) is 47.5. The van der Waals surface area contributed by atoms with E-state index in [1.807, 2.05) is 12.1 Å². The van der Waals surface area contributed by atoms with Crippen LogP contribution in [0.2, 0.25) is 0 Å². The third-order valence-corrected chi connectivity index (χ3v) is 5.77. The maximum absolute atomic E-state index is 12.1. The van der Waals surface area contributed by atoms with Gasteiger partial charge in [-0.05, 0) is 24.1 Å². The number of esters is 4. The molecule has 41 heavy (non-hydrogen) atoms. The number of ether oxygens (including phenoxy) is 7. The van der Waals surface area contributed by atoms with Gasteiger partial charge in [0.15, 0.2) is 36.0 Å². The maximum atomic E-state index is 12.1. The Bertz CT molecular complexity index is 1260. The highest BCUT2D eigenvalue weighted by atomic mass is 16.7. The molecule has 0 unspecified atom stereocenters. The van der Waals surface area contributed by atoms with E-state index >= 15 is 0 Å². The molecule has 1 aliphatic rings. The monoisotopic (exact) mass is 575 g/mol. The van der Waals surface area contributed by atoms with Gasteiger partial charge in [0.2, 0.25) is 0 Å². The van der Waals surface area contributed by atoms with Crippen molar-refractivity contribution in [1.82, 2.24) is 15.0 Å². The Labute approximate surface area is 236 Å². The van der Waals surface area contributed by atoms with Crippen LogP contribution in [-0.4, -0.2) is 77.0 Å². The van der Waals surface area contributed by atoms with E-state index in [0.717, 1.165) is 26.3 Å². The molecule has 0 N–H and O–H groups in total. The number of rotatable bonds is 12. The third kappa shape index (κ3) is 8.51. The Morgan fingerprint density at radius 3 is 2.22 bits per heavy atom. The first kappa shape index (κ1) is 31.1. The second-order valence-corrected chi connectivity index (χ2v) is 9.05. The molecule has 1 aromatic carbocycles. The smallest absolute Gasteiger partial charge is 0.303 e. The summed E-state index contributed by atoms with van der Waals surface area (Å²) in [6, 6.07) is 5.49. The molecule has 0 spiro atoms. The number of benzene rings is 1. The second kappa shape index (κ2) is 14.3. The van der Waals surface area contributed by atoms with Gasteiger partial charge in [-0.1, -0.05) is 17.4 Å². The Morgan fingerprint density at radius 2 is 1.61 bits per heavy atom. The fourth-order valence-electron chi connectivity index (χ4n) is 4.20. The number of hydrogen-bond acceptors (Lipinski definition) is 13. The van der Waals surface area contributed by atoms with Crippen molar-refractivity contribution in [2.75, 3.05) is 13.7 Å². The van der Waals surface area contributed by atoms with Gasteiger partial charge in [0.05, 0.1) is 13.3 Å². The molecule has 222 valence electrons. The van der Waals surface area contributed by atoms with E-state index in [-0.39, 0.29) is 13.2 Å². The topological polar surface area (TPSA) is 164 Å². The molecule has 0 saturated carbocycles. The number of allylic oxidation sites excluding steroid dienone is 1. The highest BCUT2D eigenvalue weighted by molar-refractivity contribution is 5.68. The Kier molecular flexibility index (Phi) is 10.8. The molecule has 1 aromatic heterocycles. The van der Waals surface area contributed by atoms with Crippen LogP contribution in [0, 0.1) is 0 Å². The van der Waals surface area contributed by atoms with E-state index < -0.39 is 54.5 Å². The maximum Gasteiger partial charge on any atom is 0.303 e. The molecule has 1 saturated heterocycles. The molecule has 1 fully saturated rings. The molecule has 2 heterocycles. The number of aromatic nitrogens is 3. The molecule has 0 aliphatic carbocycles. The third-order valence-electron chi connectivity index (χ3n) is 5.77. The average molecular weight is 576 g/mol. The van der Waals surface area contributed by atoms with Crippen molar-refractivity contribution in [3.05, 3.63) is 48.3 Å². The molecule has 0 radical (unpaired) electrons. The summed E-state index contributed by atoms with van der Waals surface area (Å²) in [5, 5.41) is 8.20. The summed E-state index contributed by atoms with van der Waals surface area (Å²) in [7, 11) is 1.53. The van der Waals surface area contributed by atoms with Crippen molar-refractivity contribution >= 4 is 23.9 Å². The van der Waals surface area contributed by atoms with Gasteiger partial charge in [-0.3, -0.25) is 19.2 Å². The molecular weight excluding hydrogens is 542 g/mol. The molecule has 0 bridgehead atoms. The van der Waals surface area contributed by atoms with Crippen LogP contribution in [0.4, 0.5) is 0 Å². The Hall–Kier alpha value is -4.46. The molecule has 14 heteroatoms. The van der Waals surface area contributed by atoms with E-state index in [9.17, 15) is 19.2 Å². The van der Waals surface area contributed by atoms with Crippen molar-refractivity contribution in [3.8, 4) is 11.5 Å². The number of carbonyl (C=O) groups excluding carboxylic acids is 4. The van der Waals surface area contributed by atoms with Crippen LogP contribution in [0.3, 0.4) is 0 Å². The fourth-order valence-corrected chi connectivity index (χ4v) is 4.20. The zero-order chi connectivity index (χ0) is 30.1. The van der Waals surface area contributed by atoms with Crippen LogP contribution in [0.25, 0.3) is 0 Å². The van der Waals surface area contributed by atoms with Crippen LogP contribution < -0.4 is 9.47 Å². The second-order valence-electron chi connectivity index (χ2n) is 9.05. The largest absolute Gasteiger partial charge is 0.493 e. The number of methoxy groups -OCH3 is 1. The first-order valence-electron chi connectivity index (χ1n) is 12.6. The highest BCUT2D eigenvalue weighted by Gasteiger charge is 2.53. The minimum absolute atomic E-state index is 0.0115. The van der Waals surface area contributed by atoms with Crippen molar-refractivity contribution in [3.63, 3.8) is 0 Å². The van der Waals surface area contributed by atoms with Gasteiger partial charge in [0, 0.05) is 27.7 Å². The van der Waals surface area contributed by atoms with Gasteiger partial charge < -0.3 is 33.2 Å². The standard InChI is InChI=1S/C27H33N3O11/c1-7-8-19-9-10-21(22(11-19)35-6)37-13-20-12-30(29-28-20)27-26(40-18(5)34)25(39-17(4)33)24(38-16(3)32)23(41-27)14-36-15(2)31/h7,9-12,23-27H,1,8,13-14H2,2-6H3/t23-,24+,25+,26-,27-/m1/s1. The molecular formula is C27H33N3O11. The molecule has 1 aliphatic heterocycles. The summed E-state index contributed by atoms with van der Waals surface area (Å²) in [6.45, 7) is 8.00. The van der Waals surface area contributed by atoms with Crippen molar-refractivity contribution in [1.29, 1.82) is 0 Å². The van der Waals surface area contributed by atoms with Gasteiger partial charge in [-0.25, -0.2) is 4.68 Å². The molecule has 3 rings (SSSR count). The lowest BCUT2D eigenvalue weighted by Gasteiger charge is -2.44. The summed E-state index contributed by atoms with van der Waals surface area (Å²) in [5.41, 5.74) is 1.37. The predicted molar refractivity (Wildman–Crippen MR) is 138 cm³/mol. The van der Waals surface area contributed by atoms with Crippen LogP contribution in [-0.2, 0) is 55.9 Å². The van der Waals surface area contributed by atoms with Crippen LogP contribution >= 0.6 is 0 Å². The minimum atomic E-state index is -1.33. The van der Waals surface area contributed by atoms with E-state index in [1.165, 1.54) is 24.9 Å². The van der Waals surface area contributed by atoms with Crippen molar-refractivity contribution in [2.45, 2.75) is 71.4 Å². The SMILES string of the molecule is C=CCc1ccc(OCc2cn([C@@H]3O[C@H](COC(C)=O)[C@H](OC(C)=O)[C@H](OC(C)=O)[C@H]3OC(C)=O)nn2)c(OC)c1. The fraction of sp³-hybridized carbons (Fsp3) is 0.481. The van der Waals surface area contributed by atoms with Crippen LogP contribution in [0.5, 0.6) is 11.5 Å². The Morgan fingerprint density at radius 1 is 0.951 bits per heavy atom. The zero-order valence-corrected chi connectivity index (χ0v) is 23.4. The van der Waals surface area contributed by atoms with Crippen LogP contribution in [0.1, 0.15) is 45.2 Å². The summed E-state index contributed by atoms with van der Waals surface area (Å²) >= 11 is 0. The van der Waals surface area contributed by atoms with Gasteiger partial charge in [0.25, 0.3) is 0 Å². The molecule has 2 aromatic rings. The summed E-state index contributed by atoms with van der Waals surface area (Å²) in [5.74, 6) is -1.81. The number of nitrogens with zero attached hydrogens (tertiary/aromatic N) is 3. The predicted octanol–water partition coefficient (Wildman–Crippen LogP) is 1.85. The van der Waals surface area contributed by atoms with Gasteiger partial charge in [0.1, 0.15) is 25.0 Å².